The van der Waals surface area contributed by atoms with Crippen LogP contribution in [0.5, 0.6) is 11.5 Å². The predicted molar refractivity (Wildman–Crippen MR) is 87.0 cm³/mol. The number of thioether (sulfide) groups is 2. The third kappa shape index (κ3) is 3.70. The summed E-state index contributed by atoms with van der Waals surface area (Å²) in [7, 11) is 3.16. The molecular weight excluding hydrogens is 310 g/mol. The smallest absolute Gasteiger partial charge is 0.344 e. The van der Waals surface area contributed by atoms with Crippen molar-refractivity contribution in [2.45, 2.75) is 0 Å². The number of hydrogen-bond donors (Lipinski definition) is 0. The van der Waals surface area contributed by atoms with Crippen LogP contribution >= 0.6 is 23.5 Å². The Morgan fingerprint density at radius 1 is 1.10 bits per heavy atom. The third-order valence-electron chi connectivity index (χ3n) is 2.58. The van der Waals surface area contributed by atoms with Crippen LogP contribution in [0.15, 0.2) is 27.6 Å². The molecule has 0 aliphatic carbocycles. The Bertz CT molecular complexity index is 637. The van der Waals surface area contributed by atoms with Gasteiger partial charge in [-0.2, -0.15) is 4.99 Å². The van der Waals surface area contributed by atoms with Gasteiger partial charge in [0.25, 0.3) is 0 Å². The largest absolute Gasteiger partial charge is 0.493 e. The van der Waals surface area contributed by atoms with Crippen molar-refractivity contribution in [3.63, 3.8) is 0 Å². The van der Waals surface area contributed by atoms with Gasteiger partial charge in [-0.1, -0.05) is 5.10 Å². The quantitative estimate of drug-likeness (QED) is 0.629. The monoisotopic (exact) mass is 325 g/mol. The molecule has 0 N–H and O–H groups in total. The fraction of sp³-hybridized carbons (Fsp3) is 0.308. The van der Waals surface area contributed by atoms with Crippen LogP contribution in [0.4, 0.5) is 6.01 Å². The number of nitrogens with zero attached hydrogens (tertiary/aromatic N) is 3. The van der Waals surface area contributed by atoms with Crippen molar-refractivity contribution in [1.82, 2.24) is 10.2 Å². The zero-order chi connectivity index (χ0) is 15.2. The fourth-order valence-corrected chi connectivity index (χ4v) is 2.60. The Labute approximate surface area is 131 Å². The molecule has 0 atom stereocenters. The molecule has 0 saturated heterocycles. The molecule has 112 valence electrons. The van der Waals surface area contributed by atoms with E-state index in [1.165, 1.54) is 23.5 Å². The molecule has 1 aromatic carbocycles. The highest BCUT2D eigenvalue weighted by Gasteiger charge is 2.12. The molecule has 6 nitrogen and oxygen atoms in total. The highest BCUT2D eigenvalue weighted by atomic mass is 32.2. The van der Waals surface area contributed by atoms with Gasteiger partial charge in [-0.3, -0.25) is 0 Å². The van der Waals surface area contributed by atoms with Gasteiger partial charge in [-0.05, 0) is 30.7 Å². The normalized spacial score (nSPS) is 10.3. The highest BCUT2D eigenvalue weighted by molar-refractivity contribution is 8.38. The Balaban J connectivity index is 2.31. The van der Waals surface area contributed by atoms with Crippen LogP contribution in [0.1, 0.15) is 0 Å². The summed E-state index contributed by atoms with van der Waals surface area (Å²) in [4.78, 5) is 4.26. The lowest BCUT2D eigenvalue weighted by molar-refractivity contribution is 0.355. The number of rotatable bonds is 4. The summed E-state index contributed by atoms with van der Waals surface area (Å²) in [5, 5.41) is 7.92. The van der Waals surface area contributed by atoms with E-state index in [9.17, 15) is 0 Å². The van der Waals surface area contributed by atoms with Crippen molar-refractivity contribution in [1.29, 1.82) is 0 Å². The Kier molecular flexibility index (Phi) is 5.51. The van der Waals surface area contributed by atoms with Crippen molar-refractivity contribution in [2.75, 3.05) is 26.7 Å². The van der Waals surface area contributed by atoms with Gasteiger partial charge in [0, 0.05) is 5.56 Å². The molecule has 2 aromatic rings. The van der Waals surface area contributed by atoms with Gasteiger partial charge in [0.1, 0.15) is 4.38 Å². The second kappa shape index (κ2) is 7.37. The molecule has 8 heteroatoms. The first kappa shape index (κ1) is 15.7. The highest BCUT2D eigenvalue weighted by Crippen LogP contribution is 2.32. The number of aliphatic imine (C=N–C) groups is 1. The molecule has 0 spiro atoms. The lowest BCUT2D eigenvalue weighted by atomic mass is 10.2. The number of ether oxygens (including phenoxy) is 2. The maximum absolute atomic E-state index is 5.54. The van der Waals surface area contributed by atoms with E-state index in [1.54, 1.807) is 26.4 Å². The number of methoxy groups -OCH3 is 2. The molecule has 21 heavy (non-hydrogen) atoms. The van der Waals surface area contributed by atoms with Gasteiger partial charge < -0.3 is 13.9 Å². The van der Waals surface area contributed by atoms with Crippen molar-refractivity contribution in [3.8, 4) is 23.0 Å². The molecule has 2 rings (SSSR count). The van der Waals surface area contributed by atoms with Crippen molar-refractivity contribution in [3.05, 3.63) is 18.2 Å². The van der Waals surface area contributed by atoms with Crippen LogP contribution in [0.2, 0.25) is 0 Å². The maximum atomic E-state index is 5.54. The van der Waals surface area contributed by atoms with E-state index in [1.807, 2.05) is 18.6 Å². The minimum absolute atomic E-state index is 0.235. The van der Waals surface area contributed by atoms with Crippen LogP contribution in [0, 0.1) is 0 Å². The molecule has 1 heterocycles. The zero-order valence-electron chi connectivity index (χ0n) is 12.1. The minimum Gasteiger partial charge on any atom is -0.493 e. The van der Waals surface area contributed by atoms with Crippen LogP contribution in [0.3, 0.4) is 0 Å². The summed E-state index contributed by atoms with van der Waals surface area (Å²) >= 11 is 3.06. The van der Waals surface area contributed by atoms with Crippen molar-refractivity contribution in [2.24, 2.45) is 4.99 Å². The summed E-state index contributed by atoms with van der Waals surface area (Å²) < 4.78 is 16.9. The zero-order valence-corrected chi connectivity index (χ0v) is 13.7. The van der Waals surface area contributed by atoms with Gasteiger partial charge in [-0.15, -0.1) is 28.6 Å². The molecule has 0 amide bonds. The first-order chi connectivity index (χ1) is 10.2. The van der Waals surface area contributed by atoms with E-state index in [2.05, 4.69) is 15.2 Å². The molecule has 0 unspecified atom stereocenters. The van der Waals surface area contributed by atoms with Crippen molar-refractivity contribution < 1.29 is 13.9 Å². The molecule has 1 aromatic heterocycles. The van der Waals surface area contributed by atoms with E-state index < -0.39 is 0 Å². The van der Waals surface area contributed by atoms with Gasteiger partial charge in [-0.25, -0.2) is 0 Å². The Morgan fingerprint density at radius 2 is 1.81 bits per heavy atom. The molecule has 0 saturated carbocycles. The van der Waals surface area contributed by atoms with E-state index in [0.717, 1.165) is 9.94 Å². The first-order valence-corrected chi connectivity index (χ1v) is 8.39. The summed E-state index contributed by atoms with van der Waals surface area (Å²) in [6.07, 6.45) is 3.89. The van der Waals surface area contributed by atoms with Crippen LogP contribution in [-0.4, -0.2) is 41.3 Å². The molecular formula is C13H15N3O3S2. The summed E-state index contributed by atoms with van der Waals surface area (Å²) in [5.41, 5.74) is 0.747. The lowest BCUT2D eigenvalue weighted by Gasteiger charge is -2.07. The van der Waals surface area contributed by atoms with E-state index in [-0.39, 0.29) is 6.01 Å². The predicted octanol–water partition coefficient (Wildman–Crippen LogP) is 3.47. The Hall–Kier alpha value is -1.67. The summed E-state index contributed by atoms with van der Waals surface area (Å²) in [5.74, 6) is 1.63. The van der Waals surface area contributed by atoms with Gasteiger partial charge in [0.05, 0.1) is 14.2 Å². The molecule has 0 radical (unpaired) electrons. The SMILES string of the molecule is COc1ccc(-c2nnc(N=C(SC)SC)o2)cc1OC. The average molecular weight is 325 g/mol. The Morgan fingerprint density at radius 3 is 2.43 bits per heavy atom. The number of hydrogen-bond acceptors (Lipinski definition) is 8. The topological polar surface area (TPSA) is 69.7 Å². The molecule has 0 aliphatic heterocycles. The fourth-order valence-electron chi connectivity index (χ4n) is 1.60. The standard InChI is InChI=1S/C13H15N3O3S2/c1-17-9-6-5-8(7-10(9)18-2)11-15-16-12(19-11)14-13(20-3)21-4/h5-7H,1-4H3. The first-order valence-electron chi connectivity index (χ1n) is 5.94. The lowest BCUT2D eigenvalue weighted by Crippen LogP contribution is -1.90. The number of aromatic nitrogens is 2. The maximum Gasteiger partial charge on any atom is 0.344 e. The summed E-state index contributed by atoms with van der Waals surface area (Å²) in [6, 6.07) is 5.63. The third-order valence-corrected chi connectivity index (χ3v) is 4.46. The summed E-state index contributed by atoms with van der Waals surface area (Å²) in [6.45, 7) is 0. The van der Waals surface area contributed by atoms with Crippen LogP contribution in [-0.2, 0) is 0 Å². The van der Waals surface area contributed by atoms with Gasteiger partial charge in [0.2, 0.25) is 5.89 Å². The molecule has 0 aliphatic rings. The van der Waals surface area contributed by atoms with E-state index in [4.69, 9.17) is 13.9 Å². The van der Waals surface area contributed by atoms with Crippen LogP contribution in [0.25, 0.3) is 11.5 Å². The second-order valence-electron chi connectivity index (χ2n) is 3.75. The van der Waals surface area contributed by atoms with Gasteiger partial charge >= 0.3 is 6.01 Å². The van der Waals surface area contributed by atoms with E-state index in [0.29, 0.717) is 17.4 Å². The minimum atomic E-state index is 0.235. The molecule has 0 fully saturated rings. The van der Waals surface area contributed by atoms with E-state index >= 15 is 0 Å². The average Bonchev–Trinajstić information content (AvgIpc) is 3.00. The van der Waals surface area contributed by atoms with Gasteiger partial charge in [0.15, 0.2) is 11.5 Å². The second-order valence-corrected chi connectivity index (χ2v) is 5.59. The van der Waals surface area contributed by atoms with Crippen molar-refractivity contribution >= 4 is 33.9 Å². The van der Waals surface area contributed by atoms with Crippen LogP contribution < -0.4 is 9.47 Å². The number of benzene rings is 1. The molecule has 0 bridgehead atoms.